The summed E-state index contributed by atoms with van der Waals surface area (Å²) in [6.45, 7) is 2.61. The van der Waals surface area contributed by atoms with Gasteiger partial charge in [-0.1, -0.05) is 31.2 Å². The number of aliphatic hydroxyl groups is 1. The molecule has 2 unspecified atom stereocenters. The highest BCUT2D eigenvalue weighted by Crippen LogP contribution is 2.39. The number of benzene rings is 1. The van der Waals surface area contributed by atoms with Crippen LogP contribution >= 0.6 is 0 Å². The van der Waals surface area contributed by atoms with Crippen LogP contribution in [0.4, 0.5) is 0 Å². The molecule has 1 nitrogen and oxygen atoms in total. The number of aliphatic hydroxyl groups excluding tert-OH is 1. The molecule has 1 heteroatoms. The maximum atomic E-state index is 9.01. The van der Waals surface area contributed by atoms with Gasteiger partial charge in [-0.05, 0) is 42.2 Å². The van der Waals surface area contributed by atoms with Crippen LogP contribution in [0.15, 0.2) is 24.3 Å². The molecule has 1 aliphatic rings. The van der Waals surface area contributed by atoms with Gasteiger partial charge in [0, 0.05) is 6.61 Å². The predicted octanol–water partition coefficient (Wildman–Crippen LogP) is 3.05. The highest BCUT2D eigenvalue weighted by molar-refractivity contribution is 5.35. The second-order valence-corrected chi connectivity index (χ2v) is 4.32. The fourth-order valence-electron chi connectivity index (χ4n) is 2.55. The molecule has 0 aromatic heterocycles. The van der Waals surface area contributed by atoms with Crippen LogP contribution in [0, 0.1) is 0 Å². The summed E-state index contributed by atoms with van der Waals surface area (Å²) in [5.41, 5.74) is 2.97. The molecular formula is C13H18O. The average molecular weight is 190 g/mol. The summed E-state index contributed by atoms with van der Waals surface area (Å²) in [6, 6.07) is 8.70. The van der Waals surface area contributed by atoms with Gasteiger partial charge in [0.05, 0.1) is 0 Å². The van der Waals surface area contributed by atoms with Crippen LogP contribution in [-0.4, -0.2) is 11.7 Å². The van der Waals surface area contributed by atoms with E-state index in [-0.39, 0.29) is 0 Å². The molecule has 0 radical (unpaired) electrons. The van der Waals surface area contributed by atoms with E-state index in [1.54, 1.807) is 0 Å². The van der Waals surface area contributed by atoms with Gasteiger partial charge in [0.25, 0.3) is 0 Å². The zero-order chi connectivity index (χ0) is 9.97. The molecule has 0 fully saturated rings. The maximum absolute atomic E-state index is 9.01. The third kappa shape index (κ3) is 1.69. The first kappa shape index (κ1) is 9.72. The van der Waals surface area contributed by atoms with Crippen LogP contribution in [0.2, 0.25) is 0 Å². The summed E-state index contributed by atoms with van der Waals surface area (Å²) < 4.78 is 0. The predicted molar refractivity (Wildman–Crippen MR) is 58.5 cm³/mol. The second-order valence-electron chi connectivity index (χ2n) is 4.32. The average Bonchev–Trinajstić information content (AvgIpc) is 2.23. The van der Waals surface area contributed by atoms with Crippen LogP contribution < -0.4 is 0 Å². The van der Waals surface area contributed by atoms with Gasteiger partial charge in [0.15, 0.2) is 0 Å². The van der Waals surface area contributed by atoms with E-state index in [9.17, 15) is 0 Å². The molecule has 1 N–H and O–H groups in total. The van der Waals surface area contributed by atoms with Crippen molar-refractivity contribution >= 4 is 0 Å². The Kier molecular flexibility index (Phi) is 2.87. The van der Waals surface area contributed by atoms with Crippen LogP contribution in [0.5, 0.6) is 0 Å². The van der Waals surface area contributed by atoms with Gasteiger partial charge in [-0.2, -0.15) is 0 Å². The minimum absolute atomic E-state index is 0.313. The van der Waals surface area contributed by atoms with Crippen molar-refractivity contribution in [2.24, 2.45) is 0 Å². The second kappa shape index (κ2) is 4.14. The fourth-order valence-corrected chi connectivity index (χ4v) is 2.55. The highest BCUT2D eigenvalue weighted by atomic mass is 16.3. The fraction of sp³-hybridized carbons (Fsp3) is 0.538. The van der Waals surface area contributed by atoms with E-state index < -0.39 is 0 Å². The summed E-state index contributed by atoms with van der Waals surface area (Å²) in [7, 11) is 0. The van der Waals surface area contributed by atoms with Crippen LogP contribution in [-0.2, 0) is 0 Å². The Bertz CT molecular complexity index is 306. The molecule has 0 aliphatic heterocycles. The Balaban J connectivity index is 2.31. The SMILES string of the molecule is CC1CCC(CCO)c2ccccc21. The number of hydrogen-bond acceptors (Lipinski definition) is 1. The summed E-state index contributed by atoms with van der Waals surface area (Å²) in [4.78, 5) is 0. The van der Waals surface area contributed by atoms with Crippen molar-refractivity contribution in [1.29, 1.82) is 0 Å². The van der Waals surface area contributed by atoms with Gasteiger partial charge in [-0.3, -0.25) is 0 Å². The van der Waals surface area contributed by atoms with Crippen LogP contribution in [0.1, 0.15) is 49.1 Å². The first-order chi connectivity index (χ1) is 6.83. The lowest BCUT2D eigenvalue weighted by atomic mass is 9.76. The molecular weight excluding hydrogens is 172 g/mol. The molecule has 0 heterocycles. The summed E-state index contributed by atoms with van der Waals surface area (Å²) in [6.07, 6.45) is 3.42. The van der Waals surface area contributed by atoms with Crippen molar-refractivity contribution in [3.8, 4) is 0 Å². The Morgan fingerprint density at radius 1 is 1.21 bits per heavy atom. The zero-order valence-corrected chi connectivity index (χ0v) is 8.74. The van der Waals surface area contributed by atoms with Crippen molar-refractivity contribution in [1.82, 2.24) is 0 Å². The van der Waals surface area contributed by atoms with Crippen molar-refractivity contribution in [2.45, 2.75) is 38.0 Å². The third-order valence-corrected chi connectivity index (χ3v) is 3.39. The van der Waals surface area contributed by atoms with Gasteiger partial charge >= 0.3 is 0 Å². The molecule has 2 rings (SSSR count). The number of rotatable bonds is 2. The van der Waals surface area contributed by atoms with E-state index in [1.165, 1.54) is 24.0 Å². The van der Waals surface area contributed by atoms with E-state index in [2.05, 4.69) is 31.2 Å². The van der Waals surface area contributed by atoms with Crippen LogP contribution in [0.3, 0.4) is 0 Å². The van der Waals surface area contributed by atoms with Gasteiger partial charge < -0.3 is 5.11 Å². The molecule has 14 heavy (non-hydrogen) atoms. The molecule has 76 valence electrons. The monoisotopic (exact) mass is 190 g/mol. The number of fused-ring (bicyclic) bond motifs is 1. The van der Waals surface area contributed by atoms with E-state index in [0.29, 0.717) is 18.4 Å². The highest BCUT2D eigenvalue weighted by Gasteiger charge is 2.23. The van der Waals surface area contributed by atoms with E-state index >= 15 is 0 Å². The van der Waals surface area contributed by atoms with Gasteiger partial charge in [-0.25, -0.2) is 0 Å². The minimum atomic E-state index is 0.313. The first-order valence-electron chi connectivity index (χ1n) is 5.52. The molecule has 0 bridgehead atoms. The maximum Gasteiger partial charge on any atom is 0.0436 e. The van der Waals surface area contributed by atoms with Crippen molar-refractivity contribution in [3.05, 3.63) is 35.4 Å². The molecule has 0 saturated heterocycles. The molecule has 1 aromatic carbocycles. The van der Waals surface area contributed by atoms with Crippen molar-refractivity contribution in [3.63, 3.8) is 0 Å². The zero-order valence-electron chi connectivity index (χ0n) is 8.74. The quantitative estimate of drug-likeness (QED) is 0.760. The first-order valence-corrected chi connectivity index (χ1v) is 5.52. The molecule has 0 saturated carbocycles. The smallest absolute Gasteiger partial charge is 0.0436 e. The lowest BCUT2D eigenvalue weighted by Gasteiger charge is -2.29. The Morgan fingerprint density at radius 2 is 1.93 bits per heavy atom. The molecule has 1 aromatic rings. The van der Waals surface area contributed by atoms with E-state index in [1.807, 2.05) is 0 Å². The van der Waals surface area contributed by atoms with Crippen molar-refractivity contribution < 1.29 is 5.11 Å². The van der Waals surface area contributed by atoms with Gasteiger partial charge in [0.2, 0.25) is 0 Å². The molecule has 1 aliphatic carbocycles. The normalized spacial score (nSPS) is 25.9. The Hall–Kier alpha value is -0.820. The third-order valence-electron chi connectivity index (χ3n) is 3.39. The van der Waals surface area contributed by atoms with E-state index in [4.69, 9.17) is 5.11 Å². The summed E-state index contributed by atoms with van der Waals surface area (Å²) >= 11 is 0. The van der Waals surface area contributed by atoms with Gasteiger partial charge in [-0.15, -0.1) is 0 Å². The van der Waals surface area contributed by atoms with E-state index in [0.717, 1.165) is 6.42 Å². The minimum Gasteiger partial charge on any atom is -0.396 e. The van der Waals surface area contributed by atoms with Crippen molar-refractivity contribution in [2.75, 3.05) is 6.61 Å². The molecule has 0 spiro atoms. The lowest BCUT2D eigenvalue weighted by molar-refractivity contribution is 0.267. The Labute approximate surface area is 85.8 Å². The largest absolute Gasteiger partial charge is 0.396 e. The topological polar surface area (TPSA) is 20.2 Å². The standard InChI is InChI=1S/C13H18O/c1-10-6-7-11(8-9-14)13-5-3-2-4-12(10)13/h2-5,10-11,14H,6-9H2,1H3. The number of hydrogen-bond donors (Lipinski definition) is 1. The lowest BCUT2D eigenvalue weighted by Crippen LogP contribution is -2.13. The summed E-state index contributed by atoms with van der Waals surface area (Å²) in [5, 5.41) is 9.01. The van der Waals surface area contributed by atoms with Gasteiger partial charge in [0.1, 0.15) is 0 Å². The molecule has 2 atom stereocenters. The summed E-state index contributed by atoms with van der Waals surface area (Å²) in [5.74, 6) is 1.29. The molecule has 0 amide bonds. The van der Waals surface area contributed by atoms with Crippen LogP contribution in [0.25, 0.3) is 0 Å². The Morgan fingerprint density at radius 3 is 2.64 bits per heavy atom.